The zero-order chi connectivity index (χ0) is 74.5. The molecule has 0 radical (unpaired) electrons. The molecule has 3 aromatic heterocycles. The summed E-state index contributed by atoms with van der Waals surface area (Å²) in [5, 5.41) is 9.28. The number of nitriles is 1. The molecule has 26 nitrogen and oxygen atoms in total. The number of ether oxygens (including phenoxy) is 13. The molecule has 0 aliphatic carbocycles. The molecule has 103 heavy (non-hydrogen) atoms. The first-order valence-corrected chi connectivity index (χ1v) is 35.9. The quantitative estimate of drug-likeness (QED) is 0.0150. The number of benzene rings is 3. The zero-order valence-electron chi connectivity index (χ0n) is 62.7. The lowest BCUT2D eigenvalue weighted by Crippen LogP contribution is -2.46. The van der Waals surface area contributed by atoms with E-state index in [0.717, 1.165) is 19.3 Å². The van der Waals surface area contributed by atoms with Gasteiger partial charge in [0, 0.05) is 120 Å². The maximum Gasteiger partial charge on any atom is 0.356 e. The Morgan fingerprint density at radius 1 is 0.466 bits per heavy atom. The third-order valence-electron chi connectivity index (χ3n) is 16.9. The average Bonchev–Trinajstić information content (AvgIpc) is 0.798. The van der Waals surface area contributed by atoms with Crippen molar-refractivity contribution < 1.29 is 85.0 Å². The molecule has 3 aromatic carbocycles. The van der Waals surface area contributed by atoms with E-state index in [1.807, 2.05) is 18.2 Å². The average molecular weight is 1450 g/mol. The fourth-order valence-electron chi connectivity index (χ4n) is 12.3. The number of hydrogen-bond donors (Lipinski definition) is 0. The fraction of sp³-hybridized carbons (Fsp3) is 0.513. The van der Waals surface area contributed by atoms with Crippen molar-refractivity contribution in [2.45, 2.75) is 106 Å². The zero-order valence-corrected chi connectivity index (χ0v) is 63.6. The number of methoxy groups -OCH3 is 9. The second-order valence-corrected chi connectivity index (χ2v) is 26.2. The minimum atomic E-state index is -1.38. The van der Waals surface area contributed by atoms with Gasteiger partial charge in [-0.05, 0) is 121 Å². The lowest BCUT2D eigenvalue weighted by Gasteiger charge is -2.36. The Morgan fingerprint density at radius 2 is 0.796 bits per heavy atom. The van der Waals surface area contributed by atoms with Crippen molar-refractivity contribution in [1.29, 1.82) is 5.26 Å². The van der Waals surface area contributed by atoms with Gasteiger partial charge in [0.05, 0.1) is 150 Å². The Labute approximate surface area is 607 Å². The van der Waals surface area contributed by atoms with Crippen LogP contribution in [0.5, 0.6) is 51.7 Å². The number of nitrogens with zero attached hydrogens (tertiary/aromatic N) is 8. The van der Waals surface area contributed by atoms with E-state index in [4.69, 9.17) is 85.6 Å². The van der Waals surface area contributed by atoms with Crippen LogP contribution in [0.15, 0.2) is 72.8 Å². The highest BCUT2D eigenvalue weighted by Crippen LogP contribution is 2.48. The Morgan fingerprint density at radius 3 is 1.12 bits per heavy atom. The molecule has 560 valence electrons. The molecule has 1 aliphatic heterocycles. The Kier molecular flexibility index (Phi) is 33.0. The molecule has 0 bridgehead atoms. The van der Waals surface area contributed by atoms with Gasteiger partial charge in [-0.2, -0.15) is 5.26 Å². The topological polar surface area (TPSA) is 265 Å². The van der Waals surface area contributed by atoms with E-state index < -0.39 is 26.4 Å². The van der Waals surface area contributed by atoms with Gasteiger partial charge < -0.3 is 70.6 Å². The van der Waals surface area contributed by atoms with E-state index in [0.29, 0.717) is 168 Å². The Bertz CT molecular complexity index is 3550. The van der Waals surface area contributed by atoms with Gasteiger partial charge in [-0.25, -0.2) is 34.0 Å². The molecule has 0 amide bonds. The number of rotatable bonds is 39. The first-order valence-electron chi connectivity index (χ1n) is 34.7. The van der Waals surface area contributed by atoms with E-state index in [2.05, 4.69) is 53.1 Å². The summed E-state index contributed by atoms with van der Waals surface area (Å²) in [7, 11) is 12.6. The summed E-state index contributed by atoms with van der Waals surface area (Å²) in [6.45, 7) is 19.2. The van der Waals surface area contributed by atoms with Crippen molar-refractivity contribution in [3.05, 3.63) is 107 Å². The first kappa shape index (κ1) is 81.7. The van der Waals surface area contributed by atoms with Crippen LogP contribution in [0.4, 0.5) is 0 Å². The summed E-state index contributed by atoms with van der Waals surface area (Å²) in [4.78, 5) is 63.8. The maximum absolute atomic E-state index is 14.0. The summed E-state index contributed by atoms with van der Waals surface area (Å²) in [6, 6.07) is 23.9. The predicted octanol–water partition coefficient (Wildman–Crippen LogP) is 12.4. The van der Waals surface area contributed by atoms with Crippen molar-refractivity contribution in [2.24, 2.45) is 5.92 Å². The molecule has 1 aliphatic rings. The van der Waals surface area contributed by atoms with Crippen LogP contribution >= 0.6 is 8.53 Å². The highest BCUT2D eigenvalue weighted by molar-refractivity contribution is 7.44. The molecule has 1 fully saturated rings. The molecular weight excluding hydrogens is 1340 g/mol. The summed E-state index contributed by atoms with van der Waals surface area (Å²) < 4.78 is 91.1. The smallest absolute Gasteiger partial charge is 0.356 e. The number of carbonyl (C=O) groups is 3. The molecule has 1 atom stereocenters. The molecule has 1 saturated heterocycles. The van der Waals surface area contributed by atoms with Gasteiger partial charge >= 0.3 is 17.9 Å². The highest BCUT2D eigenvalue weighted by atomic mass is 31.2. The lowest BCUT2D eigenvalue weighted by molar-refractivity contribution is 0.0439. The molecule has 7 rings (SSSR count). The number of carbonyl (C=O) groups excluding carboxylic acids is 3. The minimum Gasteiger partial charge on any atom is -0.496 e. The van der Waals surface area contributed by atoms with Gasteiger partial charge in [-0.15, -0.1) is 0 Å². The van der Waals surface area contributed by atoms with Crippen LogP contribution in [-0.4, -0.2) is 214 Å². The lowest BCUT2D eigenvalue weighted by atomic mass is 10.0. The SMILES string of the molecule is CCOC(=O)c1cc(-c2c(OC)cc(OC)cc2OC)cc(CN2CCN(Cc3cc(-c4c(OC)cc(OC)cc4OC)cc(C(=O)OCC)n3)CC(COCCCCCOP(OCCC#N)N(C(C)C)C(C)C)CN(Cc3cc(-c4c(OC)cc(OC)cc4OC)cc(C(=O)OCC)n3)CC2)n1. The number of esters is 3. The molecule has 27 heteroatoms. The number of hydrogen-bond acceptors (Lipinski definition) is 26. The van der Waals surface area contributed by atoms with Gasteiger partial charge in [0.1, 0.15) is 68.8 Å². The molecule has 0 saturated carbocycles. The van der Waals surface area contributed by atoms with Gasteiger partial charge in [-0.3, -0.25) is 14.7 Å². The van der Waals surface area contributed by atoms with E-state index in [1.165, 1.54) is 0 Å². The molecule has 0 spiro atoms. The van der Waals surface area contributed by atoms with Crippen LogP contribution in [0.3, 0.4) is 0 Å². The minimum absolute atomic E-state index is 0.0867. The monoisotopic (exact) mass is 1450 g/mol. The molecule has 0 N–H and O–H groups in total. The van der Waals surface area contributed by atoms with E-state index >= 15 is 0 Å². The number of unbranched alkanes of at least 4 members (excludes halogenated alkanes) is 2. The molecular formula is C76H103N8O18P. The third-order valence-corrected chi connectivity index (χ3v) is 19.0. The standard InChI is InChI=1S/C76H103N8O18P/c1-17-98-74(85)62-35-53(71-65(91-11)38-59(88-8)39-66(71)92-12)32-56(78-62)46-81-25-27-82(47-57-33-54(36-63(79-57)75(86)99-18-2)72-67(93-13)40-60(89-9)41-68(72)94-14)44-52(49-97-29-21-20-22-30-101-103(102-31-23-24-77)84(50(4)5)51(6)7)45-83(28-26-81)48-58-34-55(37-64(80-58)76(87)100-19-3)73-69(95-15)42-61(90-10)43-70(73)96-16/h32-43,50-52H,17-23,25-31,44-49H2,1-16H3. The second kappa shape index (κ2) is 41.6. The van der Waals surface area contributed by atoms with Gasteiger partial charge in [0.25, 0.3) is 8.53 Å². The summed E-state index contributed by atoms with van der Waals surface area (Å²) in [6.07, 6.45) is 2.63. The van der Waals surface area contributed by atoms with Crippen LogP contribution in [0.2, 0.25) is 0 Å². The molecule has 4 heterocycles. The predicted molar refractivity (Wildman–Crippen MR) is 391 cm³/mol. The first-order chi connectivity index (χ1) is 49.8. The second-order valence-electron chi connectivity index (χ2n) is 24.7. The van der Waals surface area contributed by atoms with E-state index in [9.17, 15) is 19.6 Å². The number of pyridine rings is 3. The van der Waals surface area contributed by atoms with Crippen molar-refractivity contribution in [3.63, 3.8) is 0 Å². The number of aromatic nitrogens is 3. The Hall–Kier alpha value is -8.64. The van der Waals surface area contributed by atoms with Crippen LogP contribution in [-0.2, 0) is 47.6 Å². The van der Waals surface area contributed by atoms with Crippen LogP contribution in [0.25, 0.3) is 33.4 Å². The van der Waals surface area contributed by atoms with Gasteiger partial charge in [0.2, 0.25) is 0 Å². The third kappa shape index (κ3) is 22.9. The van der Waals surface area contributed by atoms with Crippen molar-refractivity contribution in [3.8, 4) is 91.2 Å². The molecule has 1 unspecified atom stereocenters. The fourth-order valence-corrected chi connectivity index (χ4v) is 13.9. The van der Waals surface area contributed by atoms with E-state index in [-0.39, 0.29) is 81.0 Å². The summed E-state index contributed by atoms with van der Waals surface area (Å²) in [5.41, 5.74) is 5.44. The van der Waals surface area contributed by atoms with Crippen LogP contribution < -0.4 is 42.6 Å². The van der Waals surface area contributed by atoms with Crippen molar-refractivity contribution in [2.75, 3.05) is 150 Å². The van der Waals surface area contributed by atoms with Crippen LogP contribution in [0.1, 0.15) is 123 Å². The van der Waals surface area contributed by atoms with Crippen molar-refractivity contribution in [1.82, 2.24) is 34.3 Å². The van der Waals surface area contributed by atoms with E-state index in [1.54, 1.807) is 139 Å². The highest BCUT2D eigenvalue weighted by Gasteiger charge is 2.30. The van der Waals surface area contributed by atoms with Crippen molar-refractivity contribution >= 4 is 26.4 Å². The summed E-state index contributed by atoms with van der Waals surface area (Å²) in [5.74, 6) is 2.21. The molecule has 6 aromatic rings. The maximum atomic E-state index is 14.0. The van der Waals surface area contributed by atoms with Gasteiger partial charge in [-0.1, -0.05) is 0 Å². The largest absolute Gasteiger partial charge is 0.496 e. The Balaban J connectivity index is 1.35. The normalized spacial score (nSPS) is 13.7. The van der Waals surface area contributed by atoms with Crippen LogP contribution in [0, 0.1) is 17.2 Å². The summed E-state index contributed by atoms with van der Waals surface area (Å²) >= 11 is 0. The van der Waals surface area contributed by atoms with Gasteiger partial charge in [0.15, 0.2) is 0 Å².